The minimum atomic E-state index is -0.474. The lowest BCUT2D eigenvalue weighted by atomic mass is 10.1. The van der Waals surface area contributed by atoms with Gasteiger partial charge in [0.2, 0.25) is 12.0 Å². The Bertz CT molecular complexity index is 1270. The summed E-state index contributed by atoms with van der Waals surface area (Å²) in [6, 6.07) is 11.1. The molecule has 10 heteroatoms. The topological polar surface area (TPSA) is 106 Å². The highest BCUT2D eigenvalue weighted by Gasteiger charge is 2.35. The van der Waals surface area contributed by atoms with E-state index in [1.165, 1.54) is 16.8 Å². The van der Waals surface area contributed by atoms with Crippen LogP contribution in [0.1, 0.15) is 25.0 Å². The summed E-state index contributed by atoms with van der Waals surface area (Å²) >= 11 is 1.28. The van der Waals surface area contributed by atoms with Crippen molar-refractivity contribution < 1.29 is 23.7 Å². The van der Waals surface area contributed by atoms with Crippen molar-refractivity contribution in [3.05, 3.63) is 53.1 Å². The van der Waals surface area contributed by atoms with Gasteiger partial charge in [-0.05, 0) is 67.1 Å². The summed E-state index contributed by atoms with van der Waals surface area (Å²) in [7, 11) is 0. The van der Waals surface area contributed by atoms with Crippen LogP contribution in [-0.2, 0) is 11.2 Å². The lowest BCUT2D eigenvalue weighted by Crippen LogP contribution is -2.35. The quantitative estimate of drug-likeness (QED) is 0.598. The summed E-state index contributed by atoms with van der Waals surface area (Å²) in [4.78, 5) is 16.9. The second-order valence-electron chi connectivity index (χ2n) is 7.45. The number of rotatable bonds is 7. The molecule has 3 heterocycles. The molecule has 0 spiro atoms. The Morgan fingerprint density at radius 1 is 1.09 bits per heavy atom. The summed E-state index contributed by atoms with van der Waals surface area (Å²) < 4.78 is 22.1. The molecular weight excluding hydrogens is 456 g/mol. The van der Waals surface area contributed by atoms with Crippen molar-refractivity contribution in [2.75, 3.05) is 20.0 Å². The Kier molecular flexibility index (Phi) is 5.97. The molecule has 2 aromatic carbocycles. The first-order valence-electron chi connectivity index (χ1n) is 10.8. The highest BCUT2D eigenvalue weighted by Crippen LogP contribution is 2.35. The van der Waals surface area contributed by atoms with E-state index in [9.17, 15) is 4.79 Å². The minimum absolute atomic E-state index is 0.0168. The van der Waals surface area contributed by atoms with Crippen molar-refractivity contribution in [3.8, 4) is 23.0 Å². The largest absolute Gasteiger partial charge is 0.490 e. The molecular formula is C24H22N4O5S. The average Bonchev–Trinajstić information content (AvgIpc) is 3.45. The number of fused-ring (bicyclic) bond motifs is 2. The molecule has 5 rings (SSSR count). The van der Waals surface area contributed by atoms with E-state index in [1.807, 2.05) is 32.0 Å². The predicted molar refractivity (Wildman–Crippen MR) is 130 cm³/mol. The maximum Gasteiger partial charge on any atom is 0.283 e. The number of nitrogens with zero attached hydrogens (tertiary/aromatic N) is 3. The summed E-state index contributed by atoms with van der Waals surface area (Å²) in [6.07, 6.45) is 2.13. The number of nitrogens with one attached hydrogen (secondary N) is 1. The third-order valence-electron chi connectivity index (χ3n) is 5.17. The van der Waals surface area contributed by atoms with E-state index < -0.39 is 5.91 Å². The van der Waals surface area contributed by atoms with E-state index in [4.69, 9.17) is 24.4 Å². The van der Waals surface area contributed by atoms with Gasteiger partial charge in [-0.15, -0.1) is 0 Å². The molecule has 0 saturated carbocycles. The first kappa shape index (κ1) is 22.0. The second kappa shape index (κ2) is 9.22. The molecule has 0 fully saturated rings. The van der Waals surface area contributed by atoms with E-state index in [1.54, 1.807) is 24.3 Å². The molecule has 0 unspecified atom stereocenters. The van der Waals surface area contributed by atoms with Gasteiger partial charge in [0, 0.05) is 6.42 Å². The van der Waals surface area contributed by atoms with Crippen LogP contribution < -0.4 is 18.9 Å². The van der Waals surface area contributed by atoms with Crippen LogP contribution in [0, 0.1) is 5.41 Å². The molecule has 0 aromatic heterocycles. The normalized spacial score (nSPS) is 17.6. The number of hydrogen-bond acceptors (Lipinski definition) is 8. The van der Waals surface area contributed by atoms with Gasteiger partial charge in [0.1, 0.15) is 5.04 Å². The number of carbonyl (C=O) groups excluding carboxylic acids is 1. The first-order chi connectivity index (χ1) is 16.6. The van der Waals surface area contributed by atoms with Gasteiger partial charge in [-0.2, -0.15) is 15.1 Å². The van der Waals surface area contributed by atoms with Gasteiger partial charge in [0.15, 0.2) is 28.8 Å². The highest BCUT2D eigenvalue weighted by molar-refractivity contribution is 8.26. The third-order valence-corrected chi connectivity index (χ3v) is 6.08. The number of amides is 1. The van der Waals surface area contributed by atoms with Crippen LogP contribution >= 0.6 is 11.8 Å². The summed E-state index contributed by atoms with van der Waals surface area (Å²) in [5.74, 6) is 2.14. The lowest BCUT2D eigenvalue weighted by molar-refractivity contribution is -0.114. The lowest BCUT2D eigenvalue weighted by Gasteiger charge is -2.20. The Morgan fingerprint density at radius 2 is 1.88 bits per heavy atom. The molecule has 1 amide bonds. The molecule has 0 radical (unpaired) electrons. The van der Waals surface area contributed by atoms with Crippen molar-refractivity contribution in [2.45, 2.75) is 20.3 Å². The van der Waals surface area contributed by atoms with Gasteiger partial charge in [0.05, 0.1) is 18.8 Å². The molecule has 1 N–H and O–H groups in total. The molecule has 2 aromatic rings. The Hall–Kier alpha value is -3.79. The molecule has 34 heavy (non-hydrogen) atoms. The van der Waals surface area contributed by atoms with Gasteiger partial charge in [0.25, 0.3) is 5.91 Å². The number of ether oxygens (including phenoxy) is 4. The number of hydrogen-bond donors (Lipinski definition) is 1. The van der Waals surface area contributed by atoms with Crippen LogP contribution in [-0.4, -0.2) is 47.0 Å². The zero-order valence-corrected chi connectivity index (χ0v) is 19.5. The van der Waals surface area contributed by atoms with E-state index in [-0.39, 0.29) is 18.2 Å². The maximum absolute atomic E-state index is 12.7. The first-order valence-corrected chi connectivity index (χ1v) is 11.6. The van der Waals surface area contributed by atoms with E-state index in [2.05, 4.69) is 10.1 Å². The number of aliphatic imine (C=N–C) groups is 1. The van der Waals surface area contributed by atoms with Crippen molar-refractivity contribution >= 4 is 39.8 Å². The number of hydrazone groups is 1. The summed E-state index contributed by atoms with van der Waals surface area (Å²) in [5, 5.41) is 15.6. The van der Waals surface area contributed by atoms with E-state index >= 15 is 0 Å². The fourth-order valence-corrected chi connectivity index (χ4v) is 4.57. The summed E-state index contributed by atoms with van der Waals surface area (Å²) in [5.41, 5.74) is 1.85. The van der Waals surface area contributed by atoms with Gasteiger partial charge in [-0.1, -0.05) is 12.1 Å². The van der Waals surface area contributed by atoms with E-state index in [0.717, 1.165) is 10.6 Å². The molecule has 3 aliphatic rings. The molecule has 3 aliphatic heterocycles. The summed E-state index contributed by atoms with van der Waals surface area (Å²) in [6.45, 7) is 5.10. The van der Waals surface area contributed by atoms with Crippen molar-refractivity contribution in [1.82, 2.24) is 5.01 Å². The number of amidine groups is 2. The molecule has 0 aliphatic carbocycles. The van der Waals surface area contributed by atoms with Crippen LogP contribution in [0.15, 0.2) is 52.1 Å². The van der Waals surface area contributed by atoms with Gasteiger partial charge in [-0.25, -0.2) is 0 Å². The van der Waals surface area contributed by atoms with Crippen molar-refractivity contribution in [3.63, 3.8) is 0 Å². The molecule has 9 nitrogen and oxygen atoms in total. The Morgan fingerprint density at radius 3 is 2.71 bits per heavy atom. The van der Waals surface area contributed by atoms with Gasteiger partial charge in [-0.3, -0.25) is 10.2 Å². The average molecular weight is 479 g/mol. The van der Waals surface area contributed by atoms with Crippen molar-refractivity contribution in [1.29, 1.82) is 5.41 Å². The highest BCUT2D eigenvalue weighted by atomic mass is 32.2. The van der Waals surface area contributed by atoms with Crippen LogP contribution in [0.5, 0.6) is 23.0 Å². The zero-order valence-electron chi connectivity index (χ0n) is 18.7. The smallest absolute Gasteiger partial charge is 0.283 e. The second-order valence-corrected chi connectivity index (χ2v) is 8.49. The fraction of sp³-hybridized carbons (Fsp3) is 0.250. The molecule has 174 valence electrons. The Labute approximate surface area is 200 Å². The fourth-order valence-electron chi connectivity index (χ4n) is 3.65. The zero-order chi connectivity index (χ0) is 23.7. The van der Waals surface area contributed by atoms with Gasteiger partial charge >= 0.3 is 0 Å². The molecule has 0 bridgehead atoms. The predicted octanol–water partition coefficient (Wildman–Crippen LogP) is 4.07. The monoisotopic (exact) mass is 478 g/mol. The number of carbonyl (C=O) groups is 1. The minimum Gasteiger partial charge on any atom is -0.490 e. The number of benzene rings is 2. The molecule has 0 saturated heterocycles. The van der Waals surface area contributed by atoms with Crippen LogP contribution in [0.2, 0.25) is 0 Å². The standard InChI is InChI=1S/C24H22N4O5S/c1-3-30-17-7-6-15(11-19(17)31-4-2)12-21-27-28-22(25)16(23(29)26-24(28)34-21)9-14-5-8-18-20(10-14)33-13-32-18/h5-11,25H,3-4,12-13H2,1-2H3/b16-9+,25-22?. The maximum atomic E-state index is 12.7. The van der Waals surface area contributed by atoms with Gasteiger partial charge < -0.3 is 18.9 Å². The van der Waals surface area contributed by atoms with Crippen LogP contribution in [0.3, 0.4) is 0 Å². The van der Waals surface area contributed by atoms with E-state index in [0.29, 0.717) is 53.4 Å². The van der Waals surface area contributed by atoms with Crippen LogP contribution in [0.25, 0.3) is 6.08 Å². The third kappa shape index (κ3) is 4.24. The van der Waals surface area contributed by atoms with Crippen LogP contribution in [0.4, 0.5) is 0 Å². The SMILES string of the molecule is CCOc1ccc(CC2=NN3C(=N)/C(=C\c4ccc5c(c4)OCO5)C(=O)N=C3S2)cc1OCC. The Balaban J connectivity index is 1.36. The van der Waals surface area contributed by atoms with Crippen molar-refractivity contribution in [2.24, 2.45) is 10.1 Å². The molecule has 0 atom stereocenters. The number of thioether (sulfide) groups is 1.